The van der Waals surface area contributed by atoms with Crippen LogP contribution in [0.2, 0.25) is 0 Å². The molecule has 0 spiro atoms. The summed E-state index contributed by atoms with van der Waals surface area (Å²) in [6, 6.07) is 5.07. The summed E-state index contributed by atoms with van der Waals surface area (Å²) in [6.45, 7) is 2.87. The summed E-state index contributed by atoms with van der Waals surface area (Å²) in [5.41, 5.74) is 1.41. The van der Waals surface area contributed by atoms with Gasteiger partial charge in [0.2, 0.25) is 5.91 Å². The SMILES string of the molecule is Cc1cc(CC(=O)N[C@@H]2CN(c3ccc(-c4nccn4C)nn3)CC[C@@H]2O)on1. The van der Waals surface area contributed by atoms with E-state index < -0.39 is 12.1 Å². The van der Waals surface area contributed by atoms with Crippen molar-refractivity contribution < 1.29 is 14.4 Å². The molecule has 1 aliphatic rings. The van der Waals surface area contributed by atoms with Gasteiger partial charge in [0.15, 0.2) is 11.6 Å². The van der Waals surface area contributed by atoms with Crippen molar-refractivity contribution in [2.45, 2.75) is 31.9 Å². The lowest BCUT2D eigenvalue weighted by Crippen LogP contribution is -2.55. The number of aliphatic hydroxyl groups excluding tert-OH is 1. The topological polar surface area (TPSA) is 122 Å². The third-order valence-electron chi connectivity index (χ3n) is 4.96. The van der Waals surface area contributed by atoms with Gasteiger partial charge in [-0.1, -0.05) is 5.16 Å². The molecule has 2 N–H and O–H groups in total. The highest BCUT2D eigenvalue weighted by Gasteiger charge is 2.30. The fraction of sp³-hybridized carbons (Fsp3) is 0.421. The summed E-state index contributed by atoms with van der Waals surface area (Å²) >= 11 is 0. The number of hydrogen-bond donors (Lipinski definition) is 2. The van der Waals surface area contributed by atoms with Crippen molar-refractivity contribution in [3.8, 4) is 11.5 Å². The molecule has 10 nitrogen and oxygen atoms in total. The van der Waals surface area contributed by atoms with Gasteiger partial charge in [-0.25, -0.2) is 4.98 Å². The van der Waals surface area contributed by atoms with Crippen molar-refractivity contribution >= 4 is 11.7 Å². The zero-order valence-electron chi connectivity index (χ0n) is 16.3. The van der Waals surface area contributed by atoms with Crippen LogP contribution < -0.4 is 10.2 Å². The minimum absolute atomic E-state index is 0.0855. The summed E-state index contributed by atoms with van der Waals surface area (Å²) in [5, 5.41) is 25.6. The van der Waals surface area contributed by atoms with Crippen molar-refractivity contribution in [3.05, 3.63) is 42.0 Å². The lowest BCUT2D eigenvalue weighted by atomic mass is 10.0. The molecule has 4 rings (SSSR count). The van der Waals surface area contributed by atoms with Crippen molar-refractivity contribution in [3.63, 3.8) is 0 Å². The first-order chi connectivity index (χ1) is 14.0. The van der Waals surface area contributed by atoms with E-state index in [9.17, 15) is 9.90 Å². The second-order valence-corrected chi connectivity index (χ2v) is 7.23. The number of rotatable bonds is 5. The van der Waals surface area contributed by atoms with Crippen LogP contribution in [0.15, 0.2) is 35.1 Å². The molecule has 0 bridgehead atoms. The Morgan fingerprint density at radius 3 is 2.90 bits per heavy atom. The molecule has 1 saturated heterocycles. The van der Waals surface area contributed by atoms with Crippen LogP contribution in [-0.2, 0) is 18.3 Å². The molecule has 10 heteroatoms. The van der Waals surface area contributed by atoms with E-state index in [1.54, 1.807) is 19.2 Å². The molecule has 1 aliphatic heterocycles. The number of aromatic nitrogens is 5. The molecular weight excluding hydrogens is 374 g/mol. The van der Waals surface area contributed by atoms with E-state index in [0.29, 0.717) is 36.8 Å². The summed E-state index contributed by atoms with van der Waals surface area (Å²) in [4.78, 5) is 18.6. The number of nitrogens with one attached hydrogen (secondary N) is 1. The Bertz CT molecular complexity index is 982. The molecule has 1 fully saturated rings. The van der Waals surface area contributed by atoms with Crippen molar-refractivity contribution in [2.24, 2.45) is 7.05 Å². The van der Waals surface area contributed by atoms with E-state index in [0.717, 1.165) is 11.5 Å². The Hall–Kier alpha value is -3.27. The Morgan fingerprint density at radius 1 is 1.38 bits per heavy atom. The molecule has 152 valence electrons. The monoisotopic (exact) mass is 397 g/mol. The number of carbonyl (C=O) groups excluding carboxylic acids is 1. The lowest BCUT2D eigenvalue weighted by Gasteiger charge is -2.36. The molecule has 0 radical (unpaired) electrons. The molecule has 29 heavy (non-hydrogen) atoms. The van der Waals surface area contributed by atoms with Crippen LogP contribution >= 0.6 is 0 Å². The van der Waals surface area contributed by atoms with Gasteiger partial charge in [-0.2, -0.15) is 0 Å². The molecule has 3 aromatic rings. The second-order valence-electron chi connectivity index (χ2n) is 7.23. The third kappa shape index (κ3) is 4.27. The molecular formula is C19H23N7O3. The van der Waals surface area contributed by atoms with Crippen LogP contribution in [0.1, 0.15) is 17.9 Å². The Morgan fingerprint density at radius 2 is 2.24 bits per heavy atom. The molecule has 4 heterocycles. The molecule has 0 aromatic carbocycles. The van der Waals surface area contributed by atoms with Gasteiger partial charge in [0.05, 0.1) is 24.3 Å². The summed E-state index contributed by atoms with van der Waals surface area (Å²) in [6.07, 6.45) is 3.55. The number of aliphatic hydroxyl groups is 1. The van der Waals surface area contributed by atoms with Gasteiger partial charge in [0.25, 0.3) is 0 Å². The van der Waals surface area contributed by atoms with Crippen molar-refractivity contribution in [1.29, 1.82) is 0 Å². The number of piperidine rings is 1. The fourth-order valence-electron chi connectivity index (χ4n) is 3.43. The van der Waals surface area contributed by atoms with E-state index in [-0.39, 0.29) is 12.3 Å². The quantitative estimate of drug-likeness (QED) is 0.637. The fourth-order valence-corrected chi connectivity index (χ4v) is 3.43. The first-order valence-electron chi connectivity index (χ1n) is 9.45. The highest BCUT2D eigenvalue weighted by Crippen LogP contribution is 2.20. The van der Waals surface area contributed by atoms with Gasteiger partial charge in [0, 0.05) is 38.6 Å². The van der Waals surface area contributed by atoms with Gasteiger partial charge < -0.3 is 24.4 Å². The summed E-state index contributed by atoms with van der Waals surface area (Å²) in [5.74, 6) is 1.71. The number of hydrogen-bond acceptors (Lipinski definition) is 8. The van der Waals surface area contributed by atoms with Crippen LogP contribution in [0.5, 0.6) is 0 Å². The van der Waals surface area contributed by atoms with E-state index in [1.807, 2.05) is 34.8 Å². The highest BCUT2D eigenvalue weighted by molar-refractivity contribution is 5.78. The second kappa shape index (κ2) is 8.00. The molecule has 0 aliphatic carbocycles. The number of amides is 1. The maximum Gasteiger partial charge on any atom is 0.228 e. The van der Waals surface area contributed by atoms with E-state index in [2.05, 4.69) is 25.7 Å². The van der Waals surface area contributed by atoms with Gasteiger partial charge in [-0.05, 0) is 25.5 Å². The van der Waals surface area contributed by atoms with E-state index in [1.165, 1.54) is 0 Å². The Labute approximate surface area is 167 Å². The molecule has 2 atom stereocenters. The van der Waals surface area contributed by atoms with Gasteiger partial charge in [-0.3, -0.25) is 4.79 Å². The summed E-state index contributed by atoms with van der Waals surface area (Å²) in [7, 11) is 1.90. The predicted octanol–water partition coefficient (Wildman–Crippen LogP) is 0.472. The third-order valence-corrected chi connectivity index (χ3v) is 4.96. The van der Waals surface area contributed by atoms with Crippen LogP contribution in [0.4, 0.5) is 5.82 Å². The first kappa shape index (κ1) is 19.1. The number of carbonyl (C=O) groups is 1. The first-order valence-corrected chi connectivity index (χ1v) is 9.45. The molecule has 0 saturated carbocycles. The van der Waals surface area contributed by atoms with E-state index in [4.69, 9.17) is 4.52 Å². The van der Waals surface area contributed by atoms with Crippen LogP contribution in [0.25, 0.3) is 11.5 Å². The minimum Gasteiger partial charge on any atom is -0.391 e. The zero-order valence-corrected chi connectivity index (χ0v) is 16.3. The molecule has 1 amide bonds. The van der Waals surface area contributed by atoms with Gasteiger partial charge in [-0.15, -0.1) is 10.2 Å². The maximum atomic E-state index is 12.3. The average Bonchev–Trinajstić information content (AvgIpc) is 3.31. The van der Waals surface area contributed by atoms with Crippen LogP contribution in [0.3, 0.4) is 0 Å². The largest absolute Gasteiger partial charge is 0.391 e. The number of aryl methyl sites for hydroxylation is 2. The van der Waals surface area contributed by atoms with Crippen LogP contribution in [0, 0.1) is 6.92 Å². The molecule has 0 unspecified atom stereocenters. The van der Waals surface area contributed by atoms with Crippen molar-refractivity contribution in [2.75, 3.05) is 18.0 Å². The number of nitrogens with zero attached hydrogens (tertiary/aromatic N) is 6. The lowest BCUT2D eigenvalue weighted by molar-refractivity contribution is -0.122. The number of anilines is 1. The standard InChI is InChI=1S/C19H23N7O3/c1-12-9-13(29-24-12)10-18(28)21-15-11-26(7-5-16(15)27)17-4-3-14(22-23-17)19-20-6-8-25(19)2/h3-4,6,8-9,15-16,27H,5,7,10-11H2,1-2H3,(H,21,28)/t15-,16+/m1/s1. The van der Waals surface area contributed by atoms with E-state index >= 15 is 0 Å². The minimum atomic E-state index is -0.619. The highest BCUT2D eigenvalue weighted by atomic mass is 16.5. The smallest absolute Gasteiger partial charge is 0.228 e. The van der Waals surface area contributed by atoms with Crippen LogP contribution in [-0.4, -0.2) is 61.2 Å². The van der Waals surface area contributed by atoms with Gasteiger partial charge >= 0.3 is 0 Å². The Balaban J connectivity index is 1.40. The van der Waals surface area contributed by atoms with Crippen molar-refractivity contribution in [1.82, 2.24) is 30.2 Å². The maximum absolute atomic E-state index is 12.3. The number of imidazole rings is 1. The summed E-state index contributed by atoms with van der Waals surface area (Å²) < 4.78 is 6.96. The van der Waals surface area contributed by atoms with Gasteiger partial charge in [0.1, 0.15) is 11.5 Å². The Kier molecular flexibility index (Phi) is 5.26. The molecule has 3 aromatic heterocycles. The zero-order chi connectivity index (χ0) is 20.4. The predicted molar refractivity (Wildman–Crippen MR) is 104 cm³/mol. The normalized spacial score (nSPS) is 19.3. The average molecular weight is 397 g/mol.